The van der Waals surface area contributed by atoms with Crippen molar-refractivity contribution >= 4 is 17.5 Å². The van der Waals surface area contributed by atoms with Gasteiger partial charge in [-0.3, -0.25) is 14.9 Å². The summed E-state index contributed by atoms with van der Waals surface area (Å²) < 4.78 is 5.51. The molecule has 2 rings (SSSR count). The topological polar surface area (TPSA) is 58.6 Å². The van der Waals surface area contributed by atoms with Crippen LogP contribution in [-0.2, 0) is 9.59 Å². The number of amides is 2. The average Bonchev–Trinajstić information content (AvgIpc) is 2.30. The van der Waals surface area contributed by atoms with Crippen LogP contribution in [0.25, 0.3) is 0 Å². The minimum absolute atomic E-state index is 0.0956. The number of hydrogen-bond donors (Lipinski definition) is 1. The molecule has 5 nitrogen and oxygen atoms in total. The number of nitrogens with one attached hydrogen (secondary N) is 1. The molecule has 1 N–H and O–H groups in total. The van der Waals surface area contributed by atoms with Crippen molar-refractivity contribution in [2.75, 3.05) is 18.0 Å². The minimum Gasteiger partial charge on any atom is -0.491 e. The summed E-state index contributed by atoms with van der Waals surface area (Å²) in [6.07, 6.45) is 0.0956. The second-order valence-electron chi connectivity index (χ2n) is 4.39. The van der Waals surface area contributed by atoms with Gasteiger partial charge in [0, 0.05) is 0 Å². The van der Waals surface area contributed by atoms with Crippen molar-refractivity contribution in [1.82, 2.24) is 5.32 Å². The number of rotatable bonds is 3. The van der Waals surface area contributed by atoms with Gasteiger partial charge >= 0.3 is 0 Å². The van der Waals surface area contributed by atoms with Crippen LogP contribution in [0.15, 0.2) is 24.3 Å². The molecule has 0 aromatic heterocycles. The summed E-state index contributed by atoms with van der Waals surface area (Å²) in [5.74, 6) is 0.260. The van der Waals surface area contributed by atoms with E-state index in [1.54, 1.807) is 24.3 Å². The van der Waals surface area contributed by atoms with Gasteiger partial charge in [0.1, 0.15) is 5.75 Å². The summed E-state index contributed by atoms with van der Waals surface area (Å²) in [5, 5.41) is 2.76. The van der Waals surface area contributed by atoms with E-state index in [-0.39, 0.29) is 31.0 Å². The van der Waals surface area contributed by atoms with Crippen LogP contribution in [0.1, 0.15) is 13.8 Å². The number of imide groups is 1. The first-order valence-corrected chi connectivity index (χ1v) is 5.91. The predicted octanol–water partition coefficient (Wildman–Crippen LogP) is 0.937. The van der Waals surface area contributed by atoms with E-state index in [1.165, 1.54) is 4.90 Å². The monoisotopic (exact) mass is 248 g/mol. The van der Waals surface area contributed by atoms with E-state index in [2.05, 4.69) is 5.32 Å². The van der Waals surface area contributed by atoms with Crippen LogP contribution in [0.3, 0.4) is 0 Å². The molecular formula is C13H16N2O3. The molecule has 0 aliphatic carbocycles. The molecule has 1 aromatic carbocycles. The van der Waals surface area contributed by atoms with E-state index in [4.69, 9.17) is 4.74 Å². The Balaban J connectivity index is 2.17. The number of ether oxygens (including phenoxy) is 1. The van der Waals surface area contributed by atoms with Crippen LogP contribution < -0.4 is 15.0 Å². The van der Waals surface area contributed by atoms with Crippen molar-refractivity contribution in [1.29, 1.82) is 0 Å². The Hall–Kier alpha value is -1.88. The Morgan fingerprint density at radius 1 is 1.11 bits per heavy atom. The molecule has 0 spiro atoms. The van der Waals surface area contributed by atoms with E-state index in [0.29, 0.717) is 5.69 Å². The molecule has 2 amide bonds. The SMILES string of the molecule is CC(C)Oc1ccc(N2C(=O)CNCC2=O)cc1. The van der Waals surface area contributed by atoms with Crippen molar-refractivity contribution in [3.8, 4) is 5.75 Å². The van der Waals surface area contributed by atoms with Crippen LogP contribution in [0.5, 0.6) is 5.75 Å². The highest BCUT2D eigenvalue weighted by Gasteiger charge is 2.26. The number of anilines is 1. The van der Waals surface area contributed by atoms with Gasteiger partial charge in [0.15, 0.2) is 0 Å². The number of hydrogen-bond acceptors (Lipinski definition) is 4. The first-order valence-electron chi connectivity index (χ1n) is 5.91. The molecule has 1 heterocycles. The molecule has 1 aromatic rings. The molecule has 5 heteroatoms. The highest BCUT2D eigenvalue weighted by atomic mass is 16.5. The molecule has 1 fully saturated rings. The van der Waals surface area contributed by atoms with Gasteiger partial charge in [0.2, 0.25) is 11.8 Å². The van der Waals surface area contributed by atoms with Gasteiger partial charge < -0.3 is 4.74 Å². The Morgan fingerprint density at radius 3 is 2.17 bits per heavy atom. The first kappa shape index (κ1) is 12.6. The highest BCUT2D eigenvalue weighted by molar-refractivity contribution is 6.17. The number of carbonyl (C=O) groups excluding carboxylic acids is 2. The lowest BCUT2D eigenvalue weighted by atomic mass is 10.2. The van der Waals surface area contributed by atoms with Gasteiger partial charge in [-0.2, -0.15) is 0 Å². The molecule has 1 aliphatic heterocycles. The van der Waals surface area contributed by atoms with E-state index in [1.807, 2.05) is 13.8 Å². The van der Waals surface area contributed by atoms with Crippen LogP contribution in [0.2, 0.25) is 0 Å². The van der Waals surface area contributed by atoms with Gasteiger partial charge in [-0.15, -0.1) is 0 Å². The molecule has 96 valence electrons. The van der Waals surface area contributed by atoms with Crippen LogP contribution in [-0.4, -0.2) is 31.0 Å². The quantitative estimate of drug-likeness (QED) is 0.809. The standard InChI is InChI=1S/C13H16N2O3/c1-9(2)18-11-5-3-10(4-6-11)15-12(16)7-14-8-13(15)17/h3-6,9,14H,7-8H2,1-2H3. The molecule has 0 unspecified atom stereocenters. The van der Waals surface area contributed by atoms with Crippen molar-refractivity contribution in [2.45, 2.75) is 20.0 Å². The van der Waals surface area contributed by atoms with E-state index in [0.717, 1.165) is 5.75 Å². The zero-order valence-electron chi connectivity index (χ0n) is 10.5. The molecule has 0 radical (unpaired) electrons. The maximum atomic E-state index is 11.7. The molecule has 18 heavy (non-hydrogen) atoms. The number of nitrogens with zero attached hydrogens (tertiary/aromatic N) is 1. The number of carbonyl (C=O) groups is 2. The molecule has 0 atom stereocenters. The Labute approximate surface area is 106 Å². The summed E-state index contributed by atoms with van der Waals surface area (Å²) in [5.41, 5.74) is 0.586. The second-order valence-corrected chi connectivity index (χ2v) is 4.39. The summed E-state index contributed by atoms with van der Waals surface area (Å²) in [6.45, 7) is 4.26. The van der Waals surface area contributed by atoms with Crippen LogP contribution in [0, 0.1) is 0 Å². The van der Waals surface area contributed by atoms with Gasteiger partial charge in [-0.1, -0.05) is 0 Å². The Bertz CT molecular complexity index is 438. The van der Waals surface area contributed by atoms with Crippen LogP contribution >= 0.6 is 0 Å². The fraction of sp³-hybridized carbons (Fsp3) is 0.385. The third kappa shape index (κ3) is 2.68. The molecule has 0 bridgehead atoms. The fourth-order valence-corrected chi connectivity index (χ4v) is 1.81. The van der Waals surface area contributed by atoms with E-state index >= 15 is 0 Å². The number of benzene rings is 1. The fourth-order valence-electron chi connectivity index (χ4n) is 1.81. The van der Waals surface area contributed by atoms with E-state index in [9.17, 15) is 9.59 Å². The minimum atomic E-state index is -0.233. The first-order chi connectivity index (χ1) is 8.58. The Morgan fingerprint density at radius 2 is 1.67 bits per heavy atom. The lowest BCUT2D eigenvalue weighted by molar-refractivity contribution is -0.127. The third-order valence-electron chi connectivity index (χ3n) is 2.52. The van der Waals surface area contributed by atoms with Gasteiger partial charge in [-0.05, 0) is 38.1 Å². The van der Waals surface area contributed by atoms with Crippen molar-refractivity contribution in [3.05, 3.63) is 24.3 Å². The average molecular weight is 248 g/mol. The molecular weight excluding hydrogens is 232 g/mol. The van der Waals surface area contributed by atoms with Crippen molar-refractivity contribution in [2.24, 2.45) is 0 Å². The maximum Gasteiger partial charge on any atom is 0.247 e. The lowest BCUT2D eigenvalue weighted by Gasteiger charge is -2.25. The normalized spacial score (nSPS) is 16.3. The second kappa shape index (κ2) is 5.18. The largest absolute Gasteiger partial charge is 0.491 e. The lowest BCUT2D eigenvalue weighted by Crippen LogP contribution is -2.52. The summed E-state index contributed by atoms with van der Waals surface area (Å²) >= 11 is 0. The van der Waals surface area contributed by atoms with Crippen molar-refractivity contribution in [3.63, 3.8) is 0 Å². The van der Waals surface area contributed by atoms with Gasteiger partial charge in [-0.25, -0.2) is 4.90 Å². The summed E-state index contributed by atoms with van der Waals surface area (Å²) in [6, 6.07) is 6.97. The van der Waals surface area contributed by atoms with Crippen molar-refractivity contribution < 1.29 is 14.3 Å². The Kier molecular flexibility index (Phi) is 3.62. The van der Waals surface area contributed by atoms with Gasteiger partial charge in [0.25, 0.3) is 0 Å². The van der Waals surface area contributed by atoms with E-state index < -0.39 is 0 Å². The third-order valence-corrected chi connectivity index (χ3v) is 2.52. The molecule has 1 saturated heterocycles. The zero-order valence-corrected chi connectivity index (χ0v) is 10.5. The maximum absolute atomic E-state index is 11.7. The predicted molar refractivity (Wildman–Crippen MR) is 67.6 cm³/mol. The zero-order chi connectivity index (χ0) is 13.1. The van der Waals surface area contributed by atoms with Crippen LogP contribution in [0.4, 0.5) is 5.69 Å². The highest BCUT2D eigenvalue weighted by Crippen LogP contribution is 2.21. The summed E-state index contributed by atoms with van der Waals surface area (Å²) in [7, 11) is 0. The summed E-state index contributed by atoms with van der Waals surface area (Å²) in [4.78, 5) is 24.6. The molecule has 1 aliphatic rings. The smallest absolute Gasteiger partial charge is 0.247 e. The molecule has 0 saturated carbocycles. The van der Waals surface area contributed by atoms with Gasteiger partial charge in [0.05, 0.1) is 24.9 Å². The number of piperazine rings is 1.